The van der Waals surface area contributed by atoms with E-state index >= 15 is 0 Å². The van der Waals surface area contributed by atoms with Crippen LogP contribution in [0.3, 0.4) is 0 Å². The maximum atomic E-state index is 12.7. The zero-order valence-electron chi connectivity index (χ0n) is 13.8. The monoisotopic (exact) mass is 388 g/mol. The number of hydrogen-bond donors (Lipinski definition) is 1. The molecule has 0 spiro atoms. The Morgan fingerprint density at radius 3 is 2.77 bits per heavy atom. The highest BCUT2D eigenvalue weighted by Gasteiger charge is 2.37. The lowest BCUT2D eigenvalue weighted by atomic mass is 10.2. The van der Waals surface area contributed by atoms with E-state index in [1.807, 2.05) is 0 Å². The van der Waals surface area contributed by atoms with E-state index in [1.54, 1.807) is 25.1 Å². The van der Waals surface area contributed by atoms with Crippen molar-refractivity contribution in [1.82, 2.24) is 20.1 Å². The molecule has 0 bridgehead atoms. The molecule has 1 N–H and O–H groups in total. The van der Waals surface area contributed by atoms with Crippen LogP contribution in [0.1, 0.15) is 18.3 Å². The Morgan fingerprint density at radius 1 is 1.35 bits per heavy atom. The van der Waals surface area contributed by atoms with E-state index in [9.17, 15) is 18.0 Å². The number of fused-ring (bicyclic) bond motifs is 1. The van der Waals surface area contributed by atoms with Crippen LogP contribution >= 0.6 is 11.8 Å². The van der Waals surface area contributed by atoms with E-state index in [4.69, 9.17) is 9.47 Å². The molecule has 0 saturated heterocycles. The van der Waals surface area contributed by atoms with Crippen LogP contribution in [0.4, 0.5) is 13.2 Å². The van der Waals surface area contributed by atoms with Gasteiger partial charge in [0.05, 0.1) is 5.25 Å². The lowest BCUT2D eigenvalue weighted by Crippen LogP contribution is -2.30. The van der Waals surface area contributed by atoms with Gasteiger partial charge in [-0.15, -0.1) is 10.2 Å². The van der Waals surface area contributed by atoms with Gasteiger partial charge in [0, 0.05) is 13.6 Å². The predicted octanol–water partition coefficient (Wildman–Crippen LogP) is 2.36. The number of carbonyl (C=O) groups excluding carboxylic acids is 1. The molecule has 0 saturated carbocycles. The Morgan fingerprint density at radius 2 is 2.08 bits per heavy atom. The molecule has 0 fully saturated rings. The smallest absolute Gasteiger partial charge is 0.451 e. The highest BCUT2D eigenvalue weighted by atomic mass is 32.2. The van der Waals surface area contributed by atoms with Crippen molar-refractivity contribution in [2.24, 2.45) is 7.05 Å². The summed E-state index contributed by atoms with van der Waals surface area (Å²) in [6, 6.07) is 5.31. The Hall–Kier alpha value is -2.43. The molecule has 1 aliphatic heterocycles. The molecule has 26 heavy (non-hydrogen) atoms. The molecular formula is C15H15F3N4O3S. The minimum atomic E-state index is -4.59. The van der Waals surface area contributed by atoms with Crippen molar-refractivity contribution in [2.45, 2.75) is 30.1 Å². The largest absolute Gasteiger partial charge is 0.454 e. The number of alkyl halides is 3. The third kappa shape index (κ3) is 3.87. The van der Waals surface area contributed by atoms with Gasteiger partial charge >= 0.3 is 6.18 Å². The van der Waals surface area contributed by atoms with Gasteiger partial charge in [-0.2, -0.15) is 13.2 Å². The first kappa shape index (κ1) is 18.4. The average Bonchev–Trinajstić information content (AvgIpc) is 3.18. The van der Waals surface area contributed by atoms with Crippen LogP contribution in [-0.2, 0) is 24.6 Å². The average molecular weight is 388 g/mol. The second kappa shape index (κ2) is 7.06. The predicted molar refractivity (Wildman–Crippen MR) is 85.7 cm³/mol. The lowest BCUT2D eigenvalue weighted by molar-refractivity contribution is -0.147. The van der Waals surface area contributed by atoms with E-state index in [1.165, 1.54) is 7.05 Å². The topological polar surface area (TPSA) is 78.3 Å². The van der Waals surface area contributed by atoms with Gasteiger partial charge in [-0.1, -0.05) is 17.8 Å². The van der Waals surface area contributed by atoms with Crippen LogP contribution in [0, 0.1) is 0 Å². The first-order valence-electron chi connectivity index (χ1n) is 7.55. The molecule has 1 amide bonds. The van der Waals surface area contributed by atoms with Crippen molar-refractivity contribution >= 4 is 17.7 Å². The van der Waals surface area contributed by atoms with Crippen LogP contribution in [0.15, 0.2) is 23.4 Å². The zero-order chi connectivity index (χ0) is 18.9. The van der Waals surface area contributed by atoms with E-state index in [0.29, 0.717) is 11.5 Å². The van der Waals surface area contributed by atoms with Crippen LogP contribution in [0.2, 0.25) is 0 Å². The van der Waals surface area contributed by atoms with Gasteiger partial charge in [-0.3, -0.25) is 4.79 Å². The minimum absolute atomic E-state index is 0.0167. The summed E-state index contributed by atoms with van der Waals surface area (Å²) < 4.78 is 49.5. The Kier molecular flexibility index (Phi) is 4.99. The van der Waals surface area contributed by atoms with Gasteiger partial charge in [0.25, 0.3) is 0 Å². The van der Waals surface area contributed by atoms with E-state index < -0.39 is 17.3 Å². The van der Waals surface area contributed by atoms with Crippen molar-refractivity contribution in [1.29, 1.82) is 0 Å². The van der Waals surface area contributed by atoms with Gasteiger partial charge in [0.2, 0.25) is 18.5 Å². The molecule has 1 unspecified atom stereocenters. The van der Waals surface area contributed by atoms with Gasteiger partial charge in [-0.05, 0) is 24.6 Å². The fourth-order valence-electron chi connectivity index (χ4n) is 2.26. The molecule has 1 aromatic heterocycles. The highest BCUT2D eigenvalue weighted by Crippen LogP contribution is 2.33. The summed E-state index contributed by atoms with van der Waals surface area (Å²) >= 11 is 0.903. The molecule has 1 aromatic carbocycles. The summed E-state index contributed by atoms with van der Waals surface area (Å²) in [6.07, 6.45) is -4.59. The van der Waals surface area contributed by atoms with Crippen LogP contribution in [0.5, 0.6) is 11.5 Å². The molecular weight excluding hydrogens is 373 g/mol. The van der Waals surface area contributed by atoms with E-state index in [2.05, 4.69) is 15.5 Å². The van der Waals surface area contributed by atoms with Gasteiger partial charge in [0.1, 0.15) is 0 Å². The zero-order valence-corrected chi connectivity index (χ0v) is 14.6. The molecule has 1 atom stereocenters. The summed E-state index contributed by atoms with van der Waals surface area (Å²) in [5.41, 5.74) is 0.817. The van der Waals surface area contributed by atoms with Crippen molar-refractivity contribution in [3.8, 4) is 11.5 Å². The number of nitrogens with zero attached hydrogens (tertiary/aromatic N) is 3. The van der Waals surface area contributed by atoms with Gasteiger partial charge in [-0.25, -0.2) is 0 Å². The van der Waals surface area contributed by atoms with Gasteiger partial charge in [0.15, 0.2) is 16.7 Å². The van der Waals surface area contributed by atoms with Crippen molar-refractivity contribution in [3.63, 3.8) is 0 Å². The normalized spacial score (nSPS) is 14.3. The number of thioether (sulfide) groups is 1. The van der Waals surface area contributed by atoms with E-state index in [0.717, 1.165) is 21.9 Å². The van der Waals surface area contributed by atoms with E-state index in [-0.39, 0.29) is 24.4 Å². The van der Waals surface area contributed by atoms with Gasteiger partial charge < -0.3 is 19.4 Å². The number of hydrogen-bond acceptors (Lipinski definition) is 6. The molecule has 1 aliphatic rings. The second-order valence-corrected chi connectivity index (χ2v) is 6.84. The summed E-state index contributed by atoms with van der Waals surface area (Å²) in [5, 5.41) is 8.75. The third-order valence-corrected chi connectivity index (χ3v) is 4.78. The standard InChI is InChI=1S/C15H15F3N4O3S/c1-8(26-14-21-20-13(22(14)2)15(16,17)18)12(23)19-6-9-3-4-10-11(5-9)25-7-24-10/h3-5,8H,6-7H2,1-2H3,(H,19,23). The fraction of sp³-hybridized carbons (Fsp3) is 0.400. The number of halogens is 3. The third-order valence-electron chi connectivity index (χ3n) is 3.64. The Balaban J connectivity index is 1.58. The number of nitrogens with one attached hydrogen (secondary N) is 1. The first-order valence-corrected chi connectivity index (χ1v) is 8.43. The van der Waals surface area contributed by atoms with Crippen LogP contribution in [0.25, 0.3) is 0 Å². The molecule has 140 valence electrons. The fourth-order valence-corrected chi connectivity index (χ4v) is 3.10. The molecule has 11 heteroatoms. The van der Waals surface area contributed by atoms with Crippen LogP contribution < -0.4 is 14.8 Å². The minimum Gasteiger partial charge on any atom is -0.454 e. The maximum Gasteiger partial charge on any atom is 0.451 e. The maximum absolute atomic E-state index is 12.7. The molecule has 2 heterocycles. The summed E-state index contributed by atoms with van der Waals surface area (Å²) in [7, 11) is 1.21. The Bertz CT molecular complexity index is 825. The highest BCUT2D eigenvalue weighted by molar-refractivity contribution is 8.00. The summed E-state index contributed by atoms with van der Waals surface area (Å²) in [4.78, 5) is 12.2. The number of ether oxygens (including phenoxy) is 2. The molecule has 2 aromatic rings. The molecule has 7 nitrogen and oxygen atoms in total. The van der Waals surface area contributed by atoms with Crippen molar-refractivity contribution in [2.75, 3.05) is 6.79 Å². The SMILES string of the molecule is CC(Sc1nnc(C(F)(F)F)n1C)C(=O)NCc1ccc2c(c1)OCO2. The molecule has 0 radical (unpaired) electrons. The number of amides is 1. The number of aromatic nitrogens is 3. The van der Waals surface area contributed by atoms with Crippen LogP contribution in [-0.4, -0.2) is 32.7 Å². The summed E-state index contributed by atoms with van der Waals surface area (Å²) in [6.45, 7) is 2.00. The number of benzene rings is 1. The first-order chi connectivity index (χ1) is 12.3. The Labute approximate surface area is 150 Å². The number of carbonyl (C=O) groups is 1. The number of rotatable bonds is 5. The quantitative estimate of drug-likeness (QED) is 0.793. The molecule has 0 aliphatic carbocycles. The lowest BCUT2D eigenvalue weighted by Gasteiger charge is -2.12. The second-order valence-electron chi connectivity index (χ2n) is 5.53. The van der Waals surface area contributed by atoms with Crippen molar-refractivity contribution < 1.29 is 27.4 Å². The molecule has 3 rings (SSSR count). The van der Waals surface area contributed by atoms with Crippen molar-refractivity contribution in [3.05, 3.63) is 29.6 Å². The summed E-state index contributed by atoms with van der Waals surface area (Å²) in [5.74, 6) is -0.179.